The second kappa shape index (κ2) is 3.90. The lowest BCUT2D eigenvalue weighted by atomic mass is 10.3. The molecule has 66 valence electrons. The molecular formula is C8H10O4. The highest BCUT2D eigenvalue weighted by Crippen LogP contribution is 2.08. The van der Waals surface area contributed by atoms with Crippen LogP contribution in [0.25, 0.3) is 0 Å². The third-order valence-corrected chi connectivity index (χ3v) is 1.42. The van der Waals surface area contributed by atoms with Crippen LogP contribution in [0.5, 0.6) is 0 Å². The van der Waals surface area contributed by atoms with Gasteiger partial charge in [-0.05, 0) is 6.08 Å². The molecule has 1 rings (SSSR count). The molecule has 0 bridgehead atoms. The van der Waals surface area contributed by atoms with Crippen LogP contribution in [0.4, 0.5) is 0 Å². The second-order valence-corrected chi connectivity index (χ2v) is 2.46. The van der Waals surface area contributed by atoms with Crippen molar-refractivity contribution < 1.29 is 19.1 Å². The number of rotatable bonds is 3. The van der Waals surface area contributed by atoms with Gasteiger partial charge in [-0.25, -0.2) is 4.79 Å². The maximum Gasteiger partial charge on any atom is 0.331 e. The van der Waals surface area contributed by atoms with Crippen molar-refractivity contribution in [1.82, 2.24) is 0 Å². The summed E-state index contributed by atoms with van der Waals surface area (Å²) in [6.07, 6.45) is 3.34. The number of cyclic esters (lactones) is 1. The molecule has 0 fully saturated rings. The zero-order valence-corrected chi connectivity index (χ0v) is 6.78. The van der Waals surface area contributed by atoms with E-state index in [1.54, 1.807) is 6.08 Å². The third kappa shape index (κ3) is 2.74. The van der Waals surface area contributed by atoms with Crippen LogP contribution in [-0.2, 0) is 19.1 Å². The summed E-state index contributed by atoms with van der Waals surface area (Å²) in [5.41, 5.74) is 0. The zero-order valence-electron chi connectivity index (χ0n) is 6.78. The van der Waals surface area contributed by atoms with E-state index >= 15 is 0 Å². The predicted molar refractivity (Wildman–Crippen MR) is 40.3 cm³/mol. The maximum absolute atomic E-state index is 10.5. The van der Waals surface area contributed by atoms with Gasteiger partial charge in [0.2, 0.25) is 0 Å². The van der Waals surface area contributed by atoms with Crippen molar-refractivity contribution in [3.63, 3.8) is 0 Å². The molecule has 0 amide bonds. The first-order valence-corrected chi connectivity index (χ1v) is 3.70. The summed E-state index contributed by atoms with van der Waals surface area (Å²) in [6.45, 7) is 1.63. The first kappa shape index (κ1) is 8.77. The molecule has 4 heteroatoms. The SMILES string of the molecule is CC(=O)OCCC1C=CC(=O)O1. The van der Waals surface area contributed by atoms with E-state index < -0.39 is 0 Å². The van der Waals surface area contributed by atoms with E-state index in [9.17, 15) is 9.59 Å². The monoisotopic (exact) mass is 170 g/mol. The molecule has 0 saturated heterocycles. The minimum atomic E-state index is -0.331. The summed E-state index contributed by atoms with van der Waals surface area (Å²) in [4.78, 5) is 20.9. The molecule has 12 heavy (non-hydrogen) atoms. The second-order valence-electron chi connectivity index (χ2n) is 2.46. The van der Waals surface area contributed by atoms with Gasteiger partial charge < -0.3 is 9.47 Å². The van der Waals surface area contributed by atoms with Crippen LogP contribution in [0, 0.1) is 0 Å². The Morgan fingerprint density at radius 3 is 3.00 bits per heavy atom. The standard InChI is InChI=1S/C8H10O4/c1-6(9)11-5-4-7-2-3-8(10)12-7/h2-3,7H,4-5H2,1H3. The normalized spacial score (nSPS) is 20.8. The molecule has 0 aromatic carbocycles. The molecule has 1 aliphatic rings. The van der Waals surface area contributed by atoms with Gasteiger partial charge >= 0.3 is 11.9 Å². The number of esters is 2. The fourth-order valence-electron chi connectivity index (χ4n) is 0.888. The summed E-state index contributed by atoms with van der Waals surface area (Å²) >= 11 is 0. The predicted octanol–water partition coefficient (Wildman–Crippen LogP) is 0.421. The van der Waals surface area contributed by atoms with Crippen LogP contribution in [0.3, 0.4) is 0 Å². The van der Waals surface area contributed by atoms with E-state index in [1.165, 1.54) is 13.0 Å². The van der Waals surface area contributed by atoms with Gasteiger partial charge in [0, 0.05) is 19.4 Å². The molecule has 0 N–H and O–H groups in total. The van der Waals surface area contributed by atoms with E-state index in [0.717, 1.165) is 0 Å². The van der Waals surface area contributed by atoms with Gasteiger partial charge in [-0.1, -0.05) is 0 Å². The van der Waals surface area contributed by atoms with Crippen molar-refractivity contribution in [3.05, 3.63) is 12.2 Å². The van der Waals surface area contributed by atoms with Crippen LogP contribution in [0.15, 0.2) is 12.2 Å². The lowest BCUT2D eigenvalue weighted by Crippen LogP contribution is -2.12. The molecule has 0 spiro atoms. The van der Waals surface area contributed by atoms with E-state index in [0.29, 0.717) is 6.42 Å². The lowest BCUT2D eigenvalue weighted by molar-refractivity contribution is -0.143. The molecule has 1 atom stereocenters. The molecule has 1 heterocycles. The Morgan fingerprint density at radius 2 is 2.50 bits per heavy atom. The van der Waals surface area contributed by atoms with Gasteiger partial charge in [0.15, 0.2) is 0 Å². The Labute approximate surface area is 70.1 Å². The zero-order chi connectivity index (χ0) is 8.97. The van der Waals surface area contributed by atoms with Gasteiger partial charge in [-0.15, -0.1) is 0 Å². The average Bonchev–Trinajstić information content (AvgIpc) is 2.35. The Morgan fingerprint density at radius 1 is 1.75 bits per heavy atom. The Kier molecular flexibility index (Phi) is 2.85. The fourth-order valence-corrected chi connectivity index (χ4v) is 0.888. The van der Waals surface area contributed by atoms with E-state index in [2.05, 4.69) is 4.74 Å². The number of carbonyl (C=O) groups excluding carboxylic acids is 2. The molecule has 0 aliphatic carbocycles. The highest BCUT2D eigenvalue weighted by Gasteiger charge is 2.15. The molecule has 1 unspecified atom stereocenters. The van der Waals surface area contributed by atoms with E-state index in [-0.39, 0.29) is 24.6 Å². The summed E-state index contributed by atoms with van der Waals surface area (Å²) in [7, 11) is 0. The smallest absolute Gasteiger partial charge is 0.331 e. The largest absolute Gasteiger partial charge is 0.466 e. The summed E-state index contributed by atoms with van der Waals surface area (Å²) < 4.78 is 9.48. The van der Waals surface area contributed by atoms with Crippen LogP contribution in [-0.4, -0.2) is 24.6 Å². The van der Waals surface area contributed by atoms with Gasteiger partial charge in [0.1, 0.15) is 6.10 Å². The van der Waals surface area contributed by atoms with Gasteiger partial charge in [0.25, 0.3) is 0 Å². The topological polar surface area (TPSA) is 52.6 Å². The average molecular weight is 170 g/mol. The van der Waals surface area contributed by atoms with Crippen molar-refractivity contribution in [2.45, 2.75) is 19.4 Å². The minimum Gasteiger partial charge on any atom is -0.466 e. The van der Waals surface area contributed by atoms with E-state index in [1.807, 2.05) is 0 Å². The molecular weight excluding hydrogens is 160 g/mol. The number of hydrogen-bond donors (Lipinski definition) is 0. The lowest BCUT2D eigenvalue weighted by Gasteiger charge is -2.07. The highest BCUT2D eigenvalue weighted by molar-refractivity contribution is 5.84. The van der Waals surface area contributed by atoms with E-state index in [4.69, 9.17) is 4.74 Å². The van der Waals surface area contributed by atoms with Gasteiger partial charge in [-0.2, -0.15) is 0 Å². The van der Waals surface area contributed by atoms with Crippen LogP contribution in [0.1, 0.15) is 13.3 Å². The Hall–Kier alpha value is -1.32. The Bertz CT molecular complexity index is 219. The molecule has 0 radical (unpaired) electrons. The molecule has 4 nitrogen and oxygen atoms in total. The summed E-state index contributed by atoms with van der Waals surface area (Å²) in [5, 5.41) is 0. The number of hydrogen-bond acceptors (Lipinski definition) is 4. The number of ether oxygens (including phenoxy) is 2. The number of carbonyl (C=O) groups is 2. The molecule has 0 aromatic rings. The molecule has 0 aromatic heterocycles. The molecule has 0 saturated carbocycles. The van der Waals surface area contributed by atoms with Crippen LogP contribution < -0.4 is 0 Å². The Balaban J connectivity index is 2.13. The van der Waals surface area contributed by atoms with Crippen molar-refractivity contribution in [2.75, 3.05) is 6.61 Å². The van der Waals surface area contributed by atoms with Crippen LogP contribution >= 0.6 is 0 Å². The third-order valence-electron chi connectivity index (χ3n) is 1.42. The van der Waals surface area contributed by atoms with Crippen LogP contribution in [0.2, 0.25) is 0 Å². The van der Waals surface area contributed by atoms with Gasteiger partial charge in [-0.3, -0.25) is 4.79 Å². The van der Waals surface area contributed by atoms with Crippen molar-refractivity contribution in [2.24, 2.45) is 0 Å². The van der Waals surface area contributed by atoms with Gasteiger partial charge in [0.05, 0.1) is 6.61 Å². The fraction of sp³-hybridized carbons (Fsp3) is 0.500. The minimum absolute atomic E-state index is 0.225. The summed E-state index contributed by atoms with van der Waals surface area (Å²) in [6, 6.07) is 0. The first-order valence-electron chi connectivity index (χ1n) is 3.70. The summed E-state index contributed by atoms with van der Waals surface area (Å²) in [5.74, 6) is -0.647. The van der Waals surface area contributed by atoms with Crippen molar-refractivity contribution >= 4 is 11.9 Å². The molecule has 1 aliphatic heterocycles. The maximum atomic E-state index is 10.5. The quantitative estimate of drug-likeness (QED) is 0.576. The first-order chi connectivity index (χ1) is 5.68. The van der Waals surface area contributed by atoms with Crippen molar-refractivity contribution in [1.29, 1.82) is 0 Å². The highest BCUT2D eigenvalue weighted by atomic mass is 16.6. The van der Waals surface area contributed by atoms with Crippen molar-refractivity contribution in [3.8, 4) is 0 Å².